The lowest BCUT2D eigenvalue weighted by atomic mass is 10.2. The molecule has 0 amide bonds. The van der Waals surface area contributed by atoms with Gasteiger partial charge in [0, 0.05) is 16.0 Å². The van der Waals surface area contributed by atoms with Crippen molar-refractivity contribution in [2.75, 3.05) is 0 Å². The number of hydrogen-bond donors (Lipinski definition) is 0. The number of hydrogen-bond acceptors (Lipinski definition) is 4. The molecule has 2 heterocycles. The summed E-state index contributed by atoms with van der Waals surface area (Å²) in [6.45, 7) is 0. The predicted octanol–water partition coefficient (Wildman–Crippen LogP) is 4.61. The molecule has 0 atom stereocenters. The van der Waals surface area contributed by atoms with E-state index >= 15 is 0 Å². The summed E-state index contributed by atoms with van der Waals surface area (Å²) in [6.07, 6.45) is 0. The summed E-state index contributed by atoms with van der Waals surface area (Å²) in [5, 5.41) is 9.89. The molecule has 0 radical (unpaired) electrons. The van der Waals surface area contributed by atoms with Crippen LogP contribution in [0.15, 0.2) is 65.1 Å². The van der Waals surface area contributed by atoms with E-state index in [1.807, 2.05) is 48.5 Å². The van der Waals surface area contributed by atoms with Crippen LogP contribution in [0.1, 0.15) is 0 Å². The van der Waals surface area contributed by atoms with E-state index in [0.29, 0.717) is 22.5 Å². The fraction of sp³-hybridized carbons (Fsp3) is 0. The molecule has 106 valence electrons. The van der Waals surface area contributed by atoms with Gasteiger partial charge in [0.1, 0.15) is 5.69 Å². The molecule has 4 rings (SSSR count). The molecule has 0 aliphatic carbocycles. The Balaban J connectivity index is 1.74. The molecule has 0 saturated heterocycles. The fourth-order valence-electron chi connectivity index (χ4n) is 2.22. The average Bonchev–Trinajstić information content (AvgIpc) is 3.05. The summed E-state index contributed by atoms with van der Waals surface area (Å²) in [4.78, 5) is 4.55. The Morgan fingerprint density at radius 1 is 0.773 bits per heavy atom. The van der Waals surface area contributed by atoms with Gasteiger partial charge in [-0.3, -0.25) is 0 Å². The molecule has 4 aromatic rings. The molecule has 0 fully saturated rings. The summed E-state index contributed by atoms with van der Waals surface area (Å²) >= 11 is 5.88. The maximum absolute atomic E-state index is 5.88. The van der Waals surface area contributed by atoms with Crippen LogP contribution in [0.5, 0.6) is 0 Å². The molecular weight excluding hydrogens is 298 g/mol. The number of nitrogens with zero attached hydrogens (tertiary/aromatic N) is 3. The van der Waals surface area contributed by atoms with Gasteiger partial charge in [-0.25, -0.2) is 4.98 Å². The molecule has 5 heteroatoms. The minimum absolute atomic E-state index is 0.399. The maximum atomic E-state index is 5.88. The molecule has 0 bridgehead atoms. The van der Waals surface area contributed by atoms with Gasteiger partial charge in [0.2, 0.25) is 5.89 Å². The highest BCUT2D eigenvalue weighted by Gasteiger charge is 2.12. The van der Waals surface area contributed by atoms with Crippen molar-refractivity contribution in [3.8, 4) is 23.0 Å². The van der Waals surface area contributed by atoms with Crippen molar-refractivity contribution in [3.05, 3.63) is 65.7 Å². The van der Waals surface area contributed by atoms with Crippen LogP contribution in [0, 0.1) is 0 Å². The zero-order chi connectivity index (χ0) is 14.9. The topological polar surface area (TPSA) is 51.8 Å². The van der Waals surface area contributed by atoms with Crippen molar-refractivity contribution >= 4 is 22.5 Å². The number of rotatable bonds is 2. The first-order valence-electron chi connectivity index (χ1n) is 6.75. The molecule has 4 nitrogen and oxygen atoms in total. The minimum atomic E-state index is 0.399. The maximum Gasteiger partial charge on any atom is 0.266 e. The highest BCUT2D eigenvalue weighted by atomic mass is 35.5. The van der Waals surface area contributed by atoms with E-state index in [2.05, 4.69) is 15.2 Å². The lowest BCUT2D eigenvalue weighted by Gasteiger charge is -1.98. The highest BCUT2D eigenvalue weighted by molar-refractivity contribution is 6.30. The summed E-state index contributed by atoms with van der Waals surface area (Å²) in [5.41, 5.74) is 2.38. The molecular formula is C17H10ClN3O. The summed E-state index contributed by atoms with van der Waals surface area (Å²) in [7, 11) is 0. The summed E-state index contributed by atoms with van der Waals surface area (Å²) in [5.74, 6) is 0.845. The SMILES string of the molecule is Clc1ccc(-c2nnc(-c3ccc4ccccc4n3)o2)cc1. The van der Waals surface area contributed by atoms with Crippen molar-refractivity contribution in [3.63, 3.8) is 0 Å². The number of aromatic nitrogens is 3. The van der Waals surface area contributed by atoms with Crippen LogP contribution >= 0.6 is 11.6 Å². The number of benzene rings is 2. The summed E-state index contributed by atoms with van der Waals surface area (Å²) in [6, 6.07) is 19.0. The molecule has 22 heavy (non-hydrogen) atoms. The van der Waals surface area contributed by atoms with Crippen LogP contribution in [0.3, 0.4) is 0 Å². The number of halogens is 1. The minimum Gasteiger partial charge on any atom is -0.415 e. The van der Waals surface area contributed by atoms with Gasteiger partial charge >= 0.3 is 0 Å². The predicted molar refractivity (Wildman–Crippen MR) is 85.5 cm³/mol. The molecule has 0 unspecified atom stereocenters. The zero-order valence-corrected chi connectivity index (χ0v) is 12.2. The van der Waals surface area contributed by atoms with Crippen LogP contribution < -0.4 is 0 Å². The third-order valence-corrected chi connectivity index (χ3v) is 3.59. The monoisotopic (exact) mass is 307 g/mol. The number of pyridine rings is 1. The third-order valence-electron chi connectivity index (χ3n) is 3.33. The standard InChI is InChI=1S/C17H10ClN3O/c18-13-8-5-12(6-9-13)16-20-21-17(22-16)15-10-7-11-3-1-2-4-14(11)19-15/h1-10H. The van der Waals surface area contributed by atoms with E-state index in [4.69, 9.17) is 16.0 Å². The van der Waals surface area contributed by atoms with Crippen LogP contribution in [0.2, 0.25) is 5.02 Å². The molecule has 2 aromatic heterocycles. The number of fused-ring (bicyclic) bond motifs is 1. The molecule has 2 aromatic carbocycles. The second-order valence-electron chi connectivity index (χ2n) is 4.81. The smallest absolute Gasteiger partial charge is 0.266 e. The van der Waals surface area contributed by atoms with Gasteiger partial charge in [-0.15, -0.1) is 10.2 Å². The Morgan fingerprint density at radius 2 is 1.55 bits per heavy atom. The van der Waals surface area contributed by atoms with Crippen LogP contribution in [0.4, 0.5) is 0 Å². The Morgan fingerprint density at radius 3 is 2.41 bits per heavy atom. The lowest BCUT2D eigenvalue weighted by Crippen LogP contribution is -1.84. The Kier molecular flexibility index (Phi) is 3.09. The molecule has 0 saturated carbocycles. The van der Waals surface area contributed by atoms with Gasteiger partial charge in [-0.2, -0.15) is 0 Å². The van der Waals surface area contributed by atoms with Crippen LogP contribution in [0.25, 0.3) is 33.9 Å². The zero-order valence-electron chi connectivity index (χ0n) is 11.4. The second-order valence-corrected chi connectivity index (χ2v) is 5.24. The van der Waals surface area contributed by atoms with E-state index in [0.717, 1.165) is 16.5 Å². The third kappa shape index (κ3) is 2.34. The first kappa shape index (κ1) is 13.0. The second kappa shape index (κ2) is 5.24. The molecule has 0 N–H and O–H groups in total. The quantitative estimate of drug-likeness (QED) is 0.543. The van der Waals surface area contributed by atoms with Crippen molar-refractivity contribution < 1.29 is 4.42 Å². The van der Waals surface area contributed by atoms with Gasteiger partial charge in [0.25, 0.3) is 5.89 Å². The van der Waals surface area contributed by atoms with Crippen LogP contribution in [-0.4, -0.2) is 15.2 Å². The van der Waals surface area contributed by atoms with Gasteiger partial charge in [-0.05, 0) is 36.4 Å². The Bertz CT molecular complexity index is 947. The van der Waals surface area contributed by atoms with E-state index in [1.165, 1.54) is 0 Å². The lowest BCUT2D eigenvalue weighted by molar-refractivity contribution is 0.582. The van der Waals surface area contributed by atoms with Gasteiger partial charge < -0.3 is 4.42 Å². The van der Waals surface area contributed by atoms with Gasteiger partial charge in [0.05, 0.1) is 5.52 Å². The fourth-order valence-corrected chi connectivity index (χ4v) is 2.35. The largest absolute Gasteiger partial charge is 0.415 e. The van der Waals surface area contributed by atoms with Gasteiger partial charge in [-0.1, -0.05) is 35.9 Å². The van der Waals surface area contributed by atoms with E-state index < -0.39 is 0 Å². The van der Waals surface area contributed by atoms with Gasteiger partial charge in [0.15, 0.2) is 0 Å². The normalized spacial score (nSPS) is 11.0. The Hall–Kier alpha value is -2.72. The first-order valence-corrected chi connectivity index (χ1v) is 7.13. The molecule has 0 aliphatic heterocycles. The summed E-state index contributed by atoms with van der Waals surface area (Å²) < 4.78 is 5.72. The number of para-hydroxylation sites is 1. The van der Waals surface area contributed by atoms with E-state index in [1.54, 1.807) is 12.1 Å². The highest BCUT2D eigenvalue weighted by Crippen LogP contribution is 2.25. The average molecular weight is 308 g/mol. The first-order chi connectivity index (χ1) is 10.8. The van der Waals surface area contributed by atoms with E-state index in [-0.39, 0.29) is 0 Å². The van der Waals surface area contributed by atoms with Crippen LogP contribution in [-0.2, 0) is 0 Å². The Labute approximate surface area is 131 Å². The van der Waals surface area contributed by atoms with Crippen molar-refractivity contribution in [2.24, 2.45) is 0 Å². The molecule has 0 spiro atoms. The van der Waals surface area contributed by atoms with Crippen molar-refractivity contribution in [2.45, 2.75) is 0 Å². The van der Waals surface area contributed by atoms with Crippen molar-refractivity contribution in [1.29, 1.82) is 0 Å². The van der Waals surface area contributed by atoms with Crippen molar-refractivity contribution in [1.82, 2.24) is 15.2 Å². The van der Waals surface area contributed by atoms with E-state index in [9.17, 15) is 0 Å². The molecule has 0 aliphatic rings.